The van der Waals surface area contributed by atoms with Crippen molar-refractivity contribution in [3.8, 4) is 0 Å². The SMILES string of the molecule is CCCCCCCCCCCOC(=O)C(=O)OC1CCC1. The van der Waals surface area contributed by atoms with E-state index in [1.54, 1.807) is 0 Å². The zero-order valence-electron chi connectivity index (χ0n) is 13.4. The van der Waals surface area contributed by atoms with Crippen molar-refractivity contribution in [3.63, 3.8) is 0 Å². The van der Waals surface area contributed by atoms with Crippen molar-refractivity contribution < 1.29 is 19.1 Å². The maximum absolute atomic E-state index is 11.4. The summed E-state index contributed by atoms with van der Waals surface area (Å²) in [6.45, 7) is 2.55. The Morgan fingerprint density at radius 1 is 0.857 bits per heavy atom. The number of carbonyl (C=O) groups excluding carboxylic acids is 2. The van der Waals surface area contributed by atoms with Crippen molar-refractivity contribution in [1.29, 1.82) is 0 Å². The van der Waals surface area contributed by atoms with Crippen LogP contribution in [0.25, 0.3) is 0 Å². The van der Waals surface area contributed by atoms with Crippen molar-refractivity contribution in [2.75, 3.05) is 6.61 Å². The maximum Gasteiger partial charge on any atom is 0.417 e. The fraction of sp³-hybridized carbons (Fsp3) is 0.882. The average molecular weight is 298 g/mol. The first-order valence-corrected chi connectivity index (χ1v) is 8.61. The molecule has 0 saturated heterocycles. The lowest BCUT2D eigenvalue weighted by Crippen LogP contribution is -2.30. The Morgan fingerprint density at radius 2 is 1.43 bits per heavy atom. The molecule has 0 heterocycles. The molecule has 1 aliphatic carbocycles. The summed E-state index contributed by atoms with van der Waals surface area (Å²) >= 11 is 0. The Morgan fingerprint density at radius 3 is 1.95 bits per heavy atom. The minimum Gasteiger partial charge on any atom is -0.457 e. The maximum atomic E-state index is 11.4. The molecule has 0 bridgehead atoms. The van der Waals surface area contributed by atoms with Crippen molar-refractivity contribution in [3.05, 3.63) is 0 Å². The molecule has 1 aliphatic rings. The van der Waals surface area contributed by atoms with Crippen LogP contribution in [0.5, 0.6) is 0 Å². The lowest BCUT2D eigenvalue weighted by molar-refractivity contribution is -0.173. The molecule has 0 radical (unpaired) electrons. The molecule has 21 heavy (non-hydrogen) atoms. The third-order valence-corrected chi connectivity index (χ3v) is 3.97. The van der Waals surface area contributed by atoms with Crippen molar-refractivity contribution in [2.24, 2.45) is 0 Å². The molecule has 1 fully saturated rings. The second-order valence-electron chi connectivity index (χ2n) is 5.92. The smallest absolute Gasteiger partial charge is 0.417 e. The lowest BCUT2D eigenvalue weighted by atomic mass is 9.96. The van der Waals surface area contributed by atoms with Gasteiger partial charge in [0.05, 0.1) is 6.61 Å². The minimum absolute atomic E-state index is 0.0576. The summed E-state index contributed by atoms with van der Waals surface area (Å²) in [7, 11) is 0. The van der Waals surface area contributed by atoms with Gasteiger partial charge in [0.1, 0.15) is 6.10 Å². The monoisotopic (exact) mass is 298 g/mol. The van der Waals surface area contributed by atoms with Crippen LogP contribution in [0, 0.1) is 0 Å². The molecule has 0 aromatic rings. The van der Waals surface area contributed by atoms with Crippen LogP contribution in [0.4, 0.5) is 0 Å². The molecule has 0 N–H and O–H groups in total. The molecule has 0 unspecified atom stereocenters. The van der Waals surface area contributed by atoms with E-state index in [0.29, 0.717) is 6.61 Å². The number of carbonyl (C=O) groups is 2. The van der Waals surface area contributed by atoms with Gasteiger partial charge in [-0.1, -0.05) is 58.3 Å². The second kappa shape index (κ2) is 11.6. The highest BCUT2D eigenvalue weighted by atomic mass is 16.6. The van der Waals surface area contributed by atoms with E-state index in [-0.39, 0.29) is 6.10 Å². The molecule has 0 spiro atoms. The molecule has 122 valence electrons. The normalized spacial score (nSPS) is 14.5. The van der Waals surface area contributed by atoms with Crippen molar-refractivity contribution in [2.45, 2.75) is 90.1 Å². The van der Waals surface area contributed by atoms with Gasteiger partial charge in [0.25, 0.3) is 0 Å². The molecule has 0 aromatic heterocycles. The van der Waals surface area contributed by atoms with E-state index in [2.05, 4.69) is 6.92 Å². The van der Waals surface area contributed by atoms with Crippen molar-refractivity contribution in [1.82, 2.24) is 0 Å². The van der Waals surface area contributed by atoms with Crippen LogP contribution in [0.1, 0.15) is 84.0 Å². The highest BCUT2D eigenvalue weighted by molar-refractivity contribution is 6.29. The van der Waals surface area contributed by atoms with Crippen LogP contribution >= 0.6 is 0 Å². The molecule has 1 saturated carbocycles. The van der Waals surface area contributed by atoms with E-state index in [1.165, 1.54) is 44.9 Å². The summed E-state index contributed by atoms with van der Waals surface area (Å²) in [5.74, 6) is -1.66. The van der Waals surface area contributed by atoms with Gasteiger partial charge in [0.2, 0.25) is 0 Å². The summed E-state index contributed by atoms with van der Waals surface area (Å²) in [5, 5.41) is 0. The van der Waals surface area contributed by atoms with Gasteiger partial charge < -0.3 is 9.47 Å². The molecule has 1 rings (SSSR count). The van der Waals surface area contributed by atoms with Crippen LogP contribution in [0.2, 0.25) is 0 Å². The van der Waals surface area contributed by atoms with Gasteiger partial charge >= 0.3 is 11.9 Å². The Hall–Kier alpha value is -1.06. The van der Waals surface area contributed by atoms with Gasteiger partial charge in [0.15, 0.2) is 0 Å². The number of rotatable bonds is 11. The number of ether oxygens (including phenoxy) is 2. The second-order valence-corrected chi connectivity index (χ2v) is 5.92. The van der Waals surface area contributed by atoms with Gasteiger partial charge in [-0.2, -0.15) is 0 Å². The highest BCUT2D eigenvalue weighted by Gasteiger charge is 2.26. The van der Waals surface area contributed by atoms with Crippen LogP contribution in [-0.2, 0) is 19.1 Å². The molecule has 4 heteroatoms. The standard InChI is InChI=1S/C17H30O4/c1-2-3-4-5-6-7-8-9-10-14-20-16(18)17(19)21-15-12-11-13-15/h15H,2-14H2,1H3. The summed E-state index contributed by atoms with van der Waals surface area (Å²) in [4.78, 5) is 22.7. The fourth-order valence-corrected chi connectivity index (χ4v) is 2.32. The Bertz CT molecular complexity index is 297. The van der Waals surface area contributed by atoms with Crippen LogP contribution < -0.4 is 0 Å². The molecule has 0 amide bonds. The number of unbranched alkanes of at least 4 members (excludes halogenated alkanes) is 8. The van der Waals surface area contributed by atoms with E-state index in [0.717, 1.165) is 32.1 Å². The van der Waals surface area contributed by atoms with Gasteiger partial charge in [-0.15, -0.1) is 0 Å². The van der Waals surface area contributed by atoms with E-state index in [4.69, 9.17) is 9.47 Å². The largest absolute Gasteiger partial charge is 0.457 e. The van der Waals surface area contributed by atoms with E-state index >= 15 is 0 Å². The first-order valence-electron chi connectivity index (χ1n) is 8.61. The topological polar surface area (TPSA) is 52.6 Å². The van der Waals surface area contributed by atoms with Crippen molar-refractivity contribution >= 4 is 11.9 Å². The van der Waals surface area contributed by atoms with E-state index in [9.17, 15) is 9.59 Å². The third kappa shape index (κ3) is 8.74. The number of esters is 2. The quantitative estimate of drug-likeness (QED) is 0.326. The summed E-state index contributed by atoms with van der Waals surface area (Å²) in [5.41, 5.74) is 0. The Labute approximate surface area is 128 Å². The minimum atomic E-state index is -0.832. The van der Waals surface area contributed by atoms with Gasteiger partial charge in [-0.25, -0.2) is 9.59 Å². The van der Waals surface area contributed by atoms with Gasteiger partial charge in [-0.05, 0) is 25.7 Å². The average Bonchev–Trinajstić information content (AvgIpc) is 2.44. The molecule has 0 aliphatic heterocycles. The van der Waals surface area contributed by atoms with Gasteiger partial charge in [-0.3, -0.25) is 0 Å². The first kappa shape index (κ1) is 18.0. The zero-order chi connectivity index (χ0) is 15.3. The summed E-state index contributed by atoms with van der Waals surface area (Å²) in [6.07, 6.45) is 13.7. The highest BCUT2D eigenvalue weighted by Crippen LogP contribution is 2.22. The van der Waals surface area contributed by atoms with Crippen LogP contribution in [-0.4, -0.2) is 24.6 Å². The zero-order valence-corrected chi connectivity index (χ0v) is 13.4. The first-order chi connectivity index (χ1) is 10.2. The summed E-state index contributed by atoms with van der Waals surface area (Å²) < 4.78 is 9.90. The van der Waals surface area contributed by atoms with E-state index < -0.39 is 11.9 Å². The van der Waals surface area contributed by atoms with Crippen LogP contribution in [0.3, 0.4) is 0 Å². The molecular weight excluding hydrogens is 268 g/mol. The summed E-state index contributed by atoms with van der Waals surface area (Å²) in [6, 6.07) is 0. The number of hydrogen-bond donors (Lipinski definition) is 0. The molecule has 0 aromatic carbocycles. The lowest BCUT2D eigenvalue weighted by Gasteiger charge is -2.24. The Kier molecular flexibility index (Phi) is 9.92. The predicted octanol–water partition coefficient (Wildman–Crippen LogP) is 4.16. The molecule has 4 nitrogen and oxygen atoms in total. The fourth-order valence-electron chi connectivity index (χ4n) is 2.32. The predicted molar refractivity (Wildman–Crippen MR) is 81.9 cm³/mol. The molecular formula is C17H30O4. The Balaban J connectivity index is 1.84. The van der Waals surface area contributed by atoms with E-state index in [1.807, 2.05) is 0 Å². The van der Waals surface area contributed by atoms with Crippen LogP contribution in [0.15, 0.2) is 0 Å². The third-order valence-electron chi connectivity index (χ3n) is 3.97. The molecule has 0 atom stereocenters. The van der Waals surface area contributed by atoms with Gasteiger partial charge in [0, 0.05) is 0 Å². The number of hydrogen-bond acceptors (Lipinski definition) is 4.